The minimum absolute atomic E-state index is 0.465. The fourth-order valence-corrected chi connectivity index (χ4v) is 5.10. The SMILES string of the molecule is CN(C)c1cc(-n2ccc3ccccc32)nc(C(C)(C)c2cc(N(C)C)cc(-n3ccc4ccccc43)n2)c1. The van der Waals surface area contributed by atoms with Crippen molar-refractivity contribution in [1.82, 2.24) is 19.1 Å². The van der Waals surface area contributed by atoms with Crippen LogP contribution in [-0.2, 0) is 5.41 Å². The molecule has 0 bridgehead atoms. The molecule has 6 aromatic rings. The molecule has 2 aromatic carbocycles. The zero-order valence-electron chi connectivity index (χ0n) is 23.4. The first-order valence-electron chi connectivity index (χ1n) is 13.2. The van der Waals surface area contributed by atoms with Crippen LogP contribution < -0.4 is 9.80 Å². The number of hydrogen-bond donors (Lipinski definition) is 0. The Hall–Kier alpha value is -4.58. The molecule has 0 N–H and O–H groups in total. The smallest absolute Gasteiger partial charge is 0.139 e. The van der Waals surface area contributed by atoms with E-state index in [1.165, 1.54) is 10.8 Å². The molecule has 6 rings (SSSR count). The van der Waals surface area contributed by atoms with Crippen molar-refractivity contribution in [1.29, 1.82) is 0 Å². The second kappa shape index (κ2) is 9.31. The fourth-order valence-electron chi connectivity index (χ4n) is 5.10. The second-order valence-corrected chi connectivity index (χ2v) is 11.0. The molecular weight excluding hydrogens is 480 g/mol. The van der Waals surface area contributed by atoms with Crippen molar-refractivity contribution in [3.63, 3.8) is 0 Å². The maximum absolute atomic E-state index is 5.25. The van der Waals surface area contributed by atoms with E-state index in [9.17, 15) is 0 Å². The van der Waals surface area contributed by atoms with E-state index in [1.54, 1.807) is 0 Å². The number of pyridine rings is 2. The monoisotopic (exact) mass is 514 g/mol. The van der Waals surface area contributed by atoms with Gasteiger partial charge in [-0.1, -0.05) is 36.4 Å². The molecular formula is C33H34N6. The number of rotatable bonds is 6. The lowest BCUT2D eigenvalue weighted by Gasteiger charge is -2.28. The van der Waals surface area contributed by atoms with Gasteiger partial charge in [-0.2, -0.15) is 0 Å². The van der Waals surface area contributed by atoms with Gasteiger partial charge in [0.1, 0.15) is 11.6 Å². The van der Waals surface area contributed by atoms with Crippen LogP contribution in [0, 0.1) is 0 Å². The summed E-state index contributed by atoms with van der Waals surface area (Å²) >= 11 is 0. The van der Waals surface area contributed by atoms with Crippen molar-refractivity contribution in [3.05, 3.63) is 109 Å². The second-order valence-electron chi connectivity index (χ2n) is 11.0. The number of hydrogen-bond acceptors (Lipinski definition) is 4. The molecule has 6 nitrogen and oxygen atoms in total. The van der Waals surface area contributed by atoms with Gasteiger partial charge >= 0.3 is 0 Å². The predicted molar refractivity (Wildman–Crippen MR) is 163 cm³/mol. The van der Waals surface area contributed by atoms with Crippen LogP contribution in [0.25, 0.3) is 33.4 Å². The molecule has 196 valence electrons. The van der Waals surface area contributed by atoms with E-state index in [0.29, 0.717) is 0 Å². The number of nitrogens with zero attached hydrogens (tertiary/aromatic N) is 6. The normalized spacial score (nSPS) is 11.8. The van der Waals surface area contributed by atoms with Crippen molar-refractivity contribution in [2.24, 2.45) is 0 Å². The lowest BCUT2D eigenvalue weighted by Crippen LogP contribution is -2.25. The molecule has 0 saturated heterocycles. The highest BCUT2D eigenvalue weighted by Gasteiger charge is 2.29. The summed E-state index contributed by atoms with van der Waals surface area (Å²) in [6, 6.07) is 29.8. The van der Waals surface area contributed by atoms with E-state index in [2.05, 4.69) is 158 Å². The molecule has 0 aliphatic carbocycles. The topological polar surface area (TPSA) is 42.1 Å². The summed E-state index contributed by atoms with van der Waals surface area (Å²) in [6.45, 7) is 4.43. The molecule has 0 unspecified atom stereocenters. The Morgan fingerprint density at radius 2 is 0.974 bits per heavy atom. The number of anilines is 2. The molecule has 6 heteroatoms. The van der Waals surface area contributed by atoms with Gasteiger partial charge in [-0.05, 0) is 61.0 Å². The third-order valence-electron chi connectivity index (χ3n) is 7.60. The summed E-state index contributed by atoms with van der Waals surface area (Å²) in [5, 5.41) is 2.39. The van der Waals surface area contributed by atoms with Gasteiger partial charge < -0.3 is 18.9 Å². The van der Waals surface area contributed by atoms with Gasteiger partial charge in [0.2, 0.25) is 0 Å². The average molecular weight is 515 g/mol. The Morgan fingerprint density at radius 3 is 1.38 bits per heavy atom. The standard InChI is InChI=1S/C33H34N6/c1-33(2,29-19-25(36(3)4)21-31(34-29)38-17-15-23-11-7-9-13-27(23)38)30-20-26(37(5)6)22-32(35-30)39-18-16-24-12-8-10-14-28(24)39/h7-22H,1-6H3. The van der Waals surface area contributed by atoms with Crippen molar-refractivity contribution < 1.29 is 0 Å². The highest BCUT2D eigenvalue weighted by atomic mass is 15.1. The molecule has 4 aromatic heterocycles. The summed E-state index contributed by atoms with van der Waals surface area (Å²) in [7, 11) is 8.29. The van der Waals surface area contributed by atoms with Crippen LogP contribution in [0.5, 0.6) is 0 Å². The maximum atomic E-state index is 5.25. The average Bonchev–Trinajstić information content (AvgIpc) is 3.57. The molecule has 0 radical (unpaired) electrons. The van der Waals surface area contributed by atoms with E-state index in [0.717, 1.165) is 45.4 Å². The van der Waals surface area contributed by atoms with Crippen molar-refractivity contribution in [2.45, 2.75) is 19.3 Å². The molecule has 4 heterocycles. The first-order chi connectivity index (χ1) is 18.7. The number of aromatic nitrogens is 4. The van der Waals surface area contributed by atoms with E-state index in [4.69, 9.17) is 9.97 Å². The Balaban J connectivity index is 1.53. The van der Waals surface area contributed by atoms with Crippen molar-refractivity contribution >= 4 is 33.2 Å². The predicted octanol–water partition coefficient (Wildman–Crippen LogP) is 6.82. The van der Waals surface area contributed by atoms with Gasteiger partial charge in [0.25, 0.3) is 0 Å². The zero-order chi connectivity index (χ0) is 27.3. The van der Waals surface area contributed by atoms with E-state index in [-0.39, 0.29) is 0 Å². The van der Waals surface area contributed by atoms with E-state index in [1.807, 2.05) is 0 Å². The summed E-state index contributed by atoms with van der Waals surface area (Å²) in [6.07, 6.45) is 4.20. The first kappa shape index (κ1) is 24.7. The van der Waals surface area contributed by atoms with E-state index < -0.39 is 5.41 Å². The van der Waals surface area contributed by atoms with Gasteiger partial charge in [0, 0.05) is 69.5 Å². The van der Waals surface area contributed by atoms with E-state index >= 15 is 0 Å². The van der Waals surface area contributed by atoms with Gasteiger partial charge in [-0.15, -0.1) is 0 Å². The van der Waals surface area contributed by atoms with Crippen LogP contribution in [0.3, 0.4) is 0 Å². The largest absolute Gasteiger partial charge is 0.377 e. The van der Waals surface area contributed by atoms with Gasteiger partial charge in [0.05, 0.1) is 22.4 Å². The van der Waals surface area contributed by atoms with Gasteiger partial charge in [-0.25, -0.2) is 9.97 Å². The number of fused-ring (bicyclic) bond motifs is 2. The third kappa shape index (κ3) is 4.32. The minimum Gasteiger partial charge on any atom is -0.377 e. The lowest BCUT2D eigenvalue weighted by molar-refractivity contribution is 0.592. The molecule has 39 heavy (non-hydrogen) atoms. The Kier molecular flexibility index (Phi) is 5.91. The zero-order valence-corrected chi connectivity index (χ0v) is 23.4. The van der Waals surface area contributed by atoms with Crippen LogP contribution >= 0.6 is 0 Å². The van der Waals surface area contributed by atoms with Crippen LogP contribution in [0.15, 0.2) is 97.3 Å². The molecule has 0 saturated carbocycles. The highest BCUT2D eigenvalue weighted by molar-refractivity contribution is 5.82. The third-order valence-corrected chi connectivity index (χ3v) is 7.60. The fraction of sp³-hybridized carbons (Fsp3) is 0.212. The summed E-state index contributed by atoms with van der Waals surface area (Å²) in [5.74, 6) is 1.79. The number of benzene rings is 2. The molecule has 0 amide bonds. The molecule has 0 fully saturated rings. The van der Waals surface area contributed by atoms with Crippen molar-refractivity contribution in [2.75, 3.05) is 38.0 Å². The summed E-state index contributed by atoms with van der Waals surface area (Å²) in [5.41, 5.74) is 5.94. The highest BCUT2D eigenvalue weighted by Crippen LogP contribution is 2.35. The minimum atomic E-state index is -0.465. The summed E-state index contributed by atoms with van der Waals surface area (Å²) in [4.78, 5) is 14.8. The first-order valence-corrected chi connectivity index (χ1v) is 13.2. The Morgan fingerprint density at radius 1 is 0.564 bits per heavy atom. The van der Waals surface area contributed by atoms with Crippen molar-refractivity contribution in [3.8, 4) is 11.6 Å². The molecule has 0 spiro atoms. The Labute approximate surface area is 229 Å². The van der Waals surface area contributed by atoms with Crippen LogP contribution in [0.4, 0.5) is 11.4 Å². The lowest BCUT2D eigenvalue weighted by atomic mass is 9.84. The molecule has 0 aliphatic rings. The van der Waals surface area contributed by atoms with Crippen LogP contribution in [0.1, 0.15) is 25.2 Å². The summed E-state index contributed by atoms with van der Waals surface area (Å²) < 4.78 is 4.34. The van der Waals surface area contributed by atoms with Gasteiger partial charge in [-0.3, -0.25) is 0 Å². The van der Waals surface area contributed by atoms with Crippen LogP contribution in [0.2, 0.25) is 0 Å². The van der Waals surface area contributed by atoms with Gasteiger partial charge in [0.15, 0.2) is 0 Å². The maximum Gasteiger partial charge on any atom is 0.139 e. The molecule has 0 atom stereocenters. The quantitative estimate of drug-likeness (QED) is 0.245. The van der Waals surface area contributed by atoms with Crippen LogP contribution in [-0.4, -0.2) is 47.3 Å². The molecule has 0 aliphatic heterocycles. The Bertz CT molecular complexity index is 1670. The number of para-hydroxylation sites is 2.